The number of fused-ring (bicyclic) bond motifs is 1. The first kappa shape index (κ1) is 18.1. The molecule has 0 N–H and O–H groups in total. The maximum Gasteiger partial charge on any atom is 0.241 e. The van der Waals surface area contributed by atoms with Crippen molar-refractivity contribution in [3.8, 4) is 28.5 Å². The van der Waals surface area contributed by atoms with Crippen LogP contribution < -0.4 is 4.74 Å². The monoisotopic (exact) mass is 396 g/mol. The summed E-state index contributed by atoms with van der Waals surface area (Å²) >= 11 is 0. The fourth-order valence-electron chi connectivity index (χ4n) is 3.42. The van der Waals surface area contributed by atoms with Gasteiger partial charge in [-0.1, -0.05) is 24.3 Å². The molecule has 5 aromatic rings. The van der Waals surface area contributed by atoms with E-state index in [4.69, 9.17) is 9.15 Å². The lowest BCUT2D eigenvalue weighted by molar-refractivity contribution is 0.292. The number of rotatable bonds is 5. The topological polar surface area (TPSA) is 66.0 Å². The maximum atomic E-state index is 6.08. The molecule has 0 saturated carbocycles. The fraction of sp³-hybridized carbons (Fsp3) is 0.125. The quantitative estimate of drug-likeness (QED) is 0.410. The predicted octanol–water partition coefficient (Wildman–Crippen LogP) is 5.18. The van der Waals surface area contributed by atoms with Crippen LogP contribution in [0.4, 0.5) is 0 Å². The molecule has 0 aliphatic carbocycles. The first-order valence-corrected chi connectivity index (χ1v) is 9.71. The van der Waals surface area contributed by atoms with Crippen molar-refractivity contribution >= 4 is 11.1 Å². The van der Waals surface area contributed by atoms with E-state index in [2.05, 4.69) is 15.1 Å². The number of oxazole rings is 1. The first-order chi connectivity index (χ1) is 14.7. The Morgan fingerprint density at radius 2 is 1.70 bits per heavy atom. The molecule has 2 aromatic carbocycles. The summed E-state index contributed by atoms with van der Waals surface area (Å²) in [6, 6.07) is 19.7. The third-order valence-electron chi connectivity index (χ3n) is 5.14. The summed E-state index contributed by atoms with van der Waals surface area (Å²) < 4.78 is 13.8. The Labute approximate surface area is 173 Å². The third kappa shape index (κ3) is 3.33. The fourth-order valence-corrected chi connectivity index (χ4v) is 3.42. The van der Waals surface area contributed by atoms with Gasteiger partial charge in [0.05, 0.1) is 5.56 Å². The Morgan fingerprint density at radius 1 is 0.933 bits per heavy atom. The van der Waals surface area contributed by atoms with Crippen LogP contribution in [0.2, 0.25) is 0 Å². The third-order valence-corrected chi connectivity index (χ3v) is 5.14. The van der Waals surface area contributed by atoms with Gasteiger partial charge < -0.3 is 9.15 Å². The summed E-state index contributed by atoms with van der Waals surface area (Å²) in [4.78, 5) is 8.64. The van der Waals surface area contributed by atoms with Crippen LogP contribution in [0.5, 0.6) is 5.88 Å². The number of pyridine rings is 1. The molecule has 0 spiro atoms. The van der Waals surface area contributed by atoms with Crippen molar-refractivity contribution in [2.75, 3.05) is 0 Å². The molecule has 3 aromatic heterocycles. The second-order valence-electron chi connectivity index (χ2n) is 7.10. The van der Waals surface area contributed by atoms with E-state index in [-0.39, 0.29) is 0 Å². The highest BCUT2D eigenvalue weighted by molar-refractivity contribution is 5.76. The number of benzene rings is 2. The molecule has 0 unspecified atom stereocenters. The lowest BCUT2D eigenvalue weighted by Crippen LogP contribution is -1.98. The molecule has 0 atom stereocenters. The van der Waals surface area contributed by atoms with Gasteiger partial charge in [0.2, 0.25) is 11.8 Å². The minimum Gasteiger partial charge on any atom is -0.471 e. The molecule has 0 fully saturated rings. The Kier molecular flexibility index (Phi) is 4.52. The smallest absolute Gasteiger partial charge is 0.241 e. The highest BCUT2D eigenvalue weighted by Gasteiger charge is 2.16. The van der Waals surface area contributed by atoms with Crippen LogP contribution in [0.25, 0.3) is 33.7 Å². The van der Waals surface area contributed by atoms with E-state index >= 15 is 0 Å². The summed E-state index contributed by atoms with van der Waals surface area (Å²) in [5.41, 5.74) is 6.69. The van der Waals surface area contributed by atoms with E-state index in [1.807, 2.05) is 79.3 Å². The summed E-state index contributed by atoms with van der Waals surface area (Å²) in [5, 5.41) is 4.54. The van der Waals surface area contributed by atoms with Crippen LogP contribution in [-0.2, 0) is 13.7 Å². The normalized spacial score (nSPS) is 11.1. The summed E-state index contributed by atoms with van der Waals surface area (Å²) in [6.07, 6.45) is 3.55. The van der Waals surface area contributed by atoms with Crippen LogP contribution in [0.15, 0.2) is 77.5 Å². The zero-order valence-electron chi connectivity index (χ0n) is 16.7. The molecule has 0 aliphatic heterocycles. The Bertz CT molecular complexity index is 1270. The zero-order valence-corrected chi connectivity index (χ0v) is 16.7. The second-order valence-corrected chi connectivity index (χ2v) is 7.10. The average molecular weight is 396 g/mol. The van der Waals surface area contributed by atoms with Crippen molar-refractivity contribution in [1.29, 1.82) is 0 Å². The molecule has 0 amide bonds. The summed E-state index contributed by atoms with van der Waals surface area (Å²) in [6.45, 7) is 2.45. The average Bonchev–Trinajstić information content (AvgIpc) is 3.34. The SMILES string of the molecule is Cc1c(-c2ccncc2)c(OCc2ccc(-c3nc4ccccc4o3)cc2)nn1C. The van der Waals surface area contributed by atoms with E-state index in [1.54, 1.807) is 12.4 Å². The van der Waals surface area contributed by atoms with Crippen LogP contribution in [0, 0.1) is 6.92 Å². The van der Waals surface area contributed by atoms with Crippen molar-refractivity contribution in [2.24, 2.45) is 7.05 Å². The van der Waals surface area contributed by atoms with Gasteiger partial charge in [0, 0.05) is 30.7 Å². The van der Waals surface area contributed by atoms with Crippen LogP contribution >= 0.6 is 0 Å². The maximum absolute atomic E-state index is 6.08. The molecule has 0 bridgehead atoms. The number of nitrogens with zero attached hydrogens (tertiary/aromatic N) is 4. The Balaban J connectivity index is 1.36. The molecule has 0 saturated heterocycles. The number of hydrogen-bond donors (Lipinski definition) is 0. The van der Waals surface area contributed by atoms with Crippen molar-refractivity contribution in [2.45, 2.75) is 13.5 Å². The minimum absolute atomic E-state index is 0.419. The Hall–Kier alpha value is -3.93. The number of ether oxygens (including phenoxy) is 1. The van der Waals surface area contributed by atoms with E-state index < -0.39 is 0 Å². The number of para-hydroxylation sites is 2. The Morgan fingerprint density at radius 3 is 2.47 bits per heavy atom. The molecule has 6 heteroatoms. The summed E-state index contributed by atoms with van der Waals surface area (Å²) in [7, 11) is 1.92. The van der Waals surface area contributed by atoms with Gasteiger partial charge in [-0.15, -0.1) is 5.10 Å². The molecule has 0 radical (unpaired) electrons. The van der Waals surface area contributed by atoms with E-state index in [0.717, 1.165) is 39.0 Å². The molecule has 30 heavy (non-hydrogen) atoms. The molecular formula is C24H20N4O2. The van der Waals surface area contributed by atoms with Gasteiger partial charge in [-0.25, -0.2) is 4.98 Å². The lowest BCUT2D eigenvalue weighted by Gasteiger charge is -2.07. The second kappa shape index (κ2) is 7.48. The van der Waals surface area contributed by atoms with E-state index in [9.17, 15) is 0 Å². The van der Waals surface area contributed by atoms with Crippen molar-refractivity contribution in [3.63, 3.8) is 0 Å². The molecule has 3 heterocycles. The van der Waals surface area contributed by atoms with Gasteiger partial charge >= 0.3 is 0 Å². The van der Waals surface area contributed by atoms with Gasteiger partial charge in [0.25, 0.3) is 0 Å². The zero-order chi connectivity index (χ0) is 20.5. The van der Waals surface area contributed by atoms with Gasteiger partial charge in [-0.2, -0.15) is 0 Å². The minimum atomic E-state index is 0.419. The van der Waals surface area contributed by atoms with Crippen molar-refractivity contribution in [1.82, 2.24) is 19.7 Å². The molecule has 148 valence electrons. The molecule has 6 nitrogen and oxygen atoms in total. The molecular weight excluding hydrogens is 376 g/mol. The summed E-state index contributed by atoms with van der Waals surface area (Å²) in [5.74, 6) is 1.23. The van der Waals surface area contributed by atoms with Gasteiger partial charge in [-0.3, -0.25) is 9.67 Å². The highest BCUT2D eigenvalue weighted by atomic mass is 16.5. The number of aryl methyl sites for hydroxylation is 1. The van der Waals surface area contributed by atoms with E-state index in [0.29, 0.717) is 18.4 Å². The van der Waals surface area contributed by atoms with Crippen LogP contribution in [0.1, 0.15) is 11.3 Å². The van der Waals surface area contributed by atoms with Crippen LogP contribution in [-0.4, -0.2) is 19.7 Å². The number of aromatic nitrogens is 4. The van der Waals surface area contributed by atoms with E-state index in [1.165, 1.54) is 0 Å². The lowest BCUT2D eigenvalue weighted by atomic mass is 10.1. The van der Waals surface area contributed by atoms with Crippen molar-refractivity contribution < 1.29 is 9.15 Å². The largest absolute Gasteiger partial charge is 0.471 e. The van der Waals surface area contributed by atoms with Gasteiger partial charge in [-0.05, 0) is 54.4 Å². The van der Waals surface area contributed by atoms with Gasteiger partial charge in [0.15, 0.2) is 5.58 Å². The first-order valence-electron chi connectivity index (χ1n) is 9.71. The predicted molar refractivity (Wildman–Crippen MR) is 115 cm³/mol. The van der Waals surface area contributed by atoms with Crippen molar-refractivity contribution in [3.05, 3.63) is 84.3 Å². The highest BCUT2D eigenvalue weighted by Crippen LogP contribution is 2.32. The van der Waals surface area contributed by atoms with Gasteiger partial charge in [0.1, 0.15) is 12.1 Å². The van der Waals surface area contributed by atoms with Crippen LogP contribution in [0.3, 0.4) is 0 Å². The molecule has 0 aliphatic rings. The standard InChI is InChI=1S/C24H20N4O2/c1-16-22(18-11-13-25-14-12-18)24(27-28(16)2)29-15-17-7-9-19(10-8-17)23-26-20-5-3-4-6-21(20)30-23/h3-14H,15H2,1-2H3. The molecule has 5 rings (SSSR count). The number of hydrogen-bond acceptors (Lipinski definition) is 5.